The van der Waals surface area contributed by atoms with Crippen molar-refractivity contribution < 1.29 is 14.0 Å². The SMILES string of the molecule is Cc1c(C(=O)N2CC[C@]3(CCCN(C)C3=O)C2)n(C)c2ccc(F)cc12. The lowest BCUT2D eigenvalue weighted by molar-refractivity contribution is -0.143. The zero-order valence-corrected chi connectivity index (χ0v) is 15.5. The number of halogens is 1. The number of piperidine rings is 1. The molecule has 2 aromatic rings. The molecule has 0 aliphatic carbocycles. The fraction of sp³-hybridized carbons (Fsp3) is 0.500. The van der Waals surface area contributed by atoms with E-state index in [0.29, 0.717) is 18.8 Å². The summed E-state index contributed by atoms with van der Waals surface area (Å²) >= 11 is 0. The summed E-state index contributed by atoms with van der Waals surface area (Å²) in [5.41, 5.74) is 1.79. The normalized spacial score (nSPS) is 23.5. The predicted molar refractivity (Wildman–Crippen MR) is 97.4 cm³/mol. The minimum absolute atomic E-state index is 0.0699. The van der Waals surface area contributed by atoms with Crippen LogP contribution in [0.2, 0.25) is 0 Å². The van der Waals surface area contributed by atoms with Crippen LogP contribution in [0.1, 0.15) is 35.3 Å². The topological polar surface area (TPSA) is 45.6 Å². The Morgan fingerprint density at radius 3 is 2.73 bits per heavy atom. The lowest BCUT2D eigenvalue weighted by Crippen LogP contribution is -2.48. The van der Waals surface area contributed by atoms with Crippen molar-refractivity contribution in [1.29, 1.82) is 0 Å². The highest BCUT2D eigenvalue weighted by Gasteiger charge is 2.49. The molecule has 1 atom stereocenters. The van der Waals surface area contributed by atoms with Gasteiger partial charge in [0, 0.05) is 44.6 Å². The maximum Gasteiger partial charge on any atom is 0.270 e. The van der Waals surface area contributed by atoms with Crippen LogP contribution in [0.15, 0.2) is 18.2 Å². The van der Waals surface area contributed by atoms with Crippen LogP contribution in [0, 0.1) is 18.2 Å². The molecule has 0 radical (unpaired) electrons. The van der Waals surface area contributed by atoms with E-state index in [1.807, 2.05) is 25.6 Å². The van der Waals surface area contributed by atoms with Gasteiger partial charge >= 0.3 is 0 Å². The number of carbonyl (C=O) groups excluding carboxylic acids is 2. The Bertz CT molecular complexity index is 919. The van der Waals surface area contributed by atoms with Gasteiger partial charge in [-0.05, 0) is 49.9 Å². The average molecular weight is 357 g/mol. The van der Waals surface area contributed by atoms with E-state index in [4.69, 9.17) is 0 Å². The molecule has 0 N–H and O–H groups in total. The van der Waals surface area contributed by atoms with Gasteiger partial charge in [-0.1, -0.05) is 0 Å². The highest BCUT2D eigenvalue weighted by Crippen LogP contribution is 2.40. The number of hydrogen-bond donors (Lipinski definition) is 0. The van der Waals surface area contributed by atoms with Crippen LogP contribution in [0.5, 0.6) is 0 Å². The first-order valence-electron chi connectivity index (χ1n) is 9.13. The summed E-state index contributed by atoms with van der Waals surface area (Å²) in [6.45, 7) is 3.72. The Balaban J connectivity index is 1.67. The minimum Gasteiger partial charge on any atom is -0.345 e. The average Bonchev–Trinajstić information content (AvgIpc) is 3.14. The zero-order valence-electron chi connectivity index (χ0n) is 15.5. The van der Waals surface area contributed by atoms with Gasteiger partial charge in [-0.15, -0.1) is 0 Å². The predicted octanol–water partition coefficient (Wildman–Crippen LogP) is 2.71. The van der Waals surface area contributed by atoms with Crippen molar-refractivity contribution in [2.45, 2.75) is 26.2 Å². The van der Waals surface area contributed by atoms with Gasteiger partial charge in [0.05, 0.1) is 5.41 Å². The minimum atomic E-state index is -0.423. The fourth-order valence-corrected chi connectivity index (χ4v) is 4.75. The molecule has 1 spiro atoms. The van der Waals surface area contributed by atoms with Crippen molar-refractivity contribution in [2.75, 3.05) is 26.7 Å². The number of benzene rings is 1. The Morgan fingerprint density at radius 1 is 1.19 bits per heavy atom. The Morgan fingerprint density at radius 2 is 1.96 bits per heavy atom. The van der Waals surface area contributed by atoms with Crippen LogP contribution in [0.4, 0.5) is 4.39 Å². The molecule has 0 unspecified atom stereocenters. The molecule has 2 amide bonds. The number of fused-ring (bicyclic) bond motifs is 1. The summed E-state index contributed by atoms with van der Waals surface area (Å²) in [4.78, 5) is 29.5. The van der Waals surface area contributed by atoms with Crippen LogP contribution in [0.25, 0.3) is 10.9 Å². The molecule has 1 aromatic heterocycles. The molecule has 5 nitrogen and oxygen atoms in total. The van der Waals surface area contributed by atoms with E-state index in [0.717, 1.165) is 42.3 Å². The van der Waals surface area contributed by atoms with Gasteiger partial charge in [0.2, 0.25) is 5.91 Å². The lowest BCUT2D eigenvalue weighted by Gasteiger charge is -2.37. The molecule has 2 aliphatic heterocycles. The number of rotatable bonds is 1. The van der Waals surface area contributed by atoms with Crippen molar-refractivity contribution >= 4 is 22.7 Å². The van der Waals surface area contributed by atoms with Gasteiger partial charge in [-0.25, -0.2) is 4.39 Å². The molecule has 4 rings (SSSR count). The third-order valence-corrected chi connectivity index (χ3v) is 6.21. The third kappa shape index (κ3) is 2.35. The van der Waals surface area contributed by atoms with E-state index < -0.39 is 5.41 Å². The Kier molecular flexibility index (Phi) is 3.82. The number of nitrogens with zero attached hydrogens (tertiary/aromatic N) is 3. The summed E-state index contributed by atoms with van der Waals surface area (Å²) in [6, 6.07) is 4.60. The van der Waals surface area contributed by atoms with E-state index in [2.05, 4.69) is 0 Å². The van der Waals surface area contributed by atoms with Crippen LogP contribution in [0.3, 0.4) is 0 Å². The molecular formula is C20H24FN3O2. The highest BCUT2D eigenvalue weighted by molar-refractivity contribution is 6.02. The van der Waals surface area contributed by atoms with Gasteiger partial charge in [-0.3, -0.25) is 9.59 Å². The highest BCUT2D eigenvalue weighted by atomic mass is 19.1. The molecule has 1 aromatic carbocycles. The summed E-state index contributed by atoms with van der Waals surface area (Å²) in [5, 5.41) is 0.762. The third-order valence-electron chi connectivity index (χ3n) is 6.21. The van der Waals surface area contributed by atoms with Gasteiger partial charge in [-0.2, -0.15) is 0 Å². The molecule has 0 bridgehead atoms. The molecule has 0 saturated carbocycles. The molecule has 2 fully saturated rings. The second-order valence-electron chi connectivity index (χ2n) is 7.78. The van der Waals surface area contributed by atoms with Crippen molar-refractivity contribution in [3.63, 3.8) is 0 Å². The monoisotopic (exact) mass is 357 g/mol. The first-order valence-corrected chi connectivity index (χ1v) is 9.13. The Hall–Kier alpha value is -2.37. The standard InChI is InChI=1S/C20H24FN3O2/c1-13-15-11-14(21)5-6-16(15)23(3)17(13)18(25)24-10-8-20(12-24)7-4-9-22(2)19(20)26/h5-6,11H,4,7-10,12H2,1-3H3/t20-/m1/s1. The van der Waals surface area contributed by atoms with E-state index in [-0.39, 0.29) is 17.6 Å². The van der Waals surface area contributed by atoms with E-state index in [9.17, 15) is 14.0 Å². The largest absolute Gasteiger partial charge is 0.345 e. The van der Waals surface area contributed by atoms with Crippen molar-refractivity contribution in [3.05, 3.63) is 35.3 Å². The van der Waals surface area contributed by atoms with Gasteiger partial charge in [0.15, 0.2) is 0 Å². The number of carbonyl (C=O) groups is 2. The second kappa shape index (κ2) is 5.83. The fourth-order valence-electron chi connectivity index (χ4n) is 4.75. The molecule has 138 valence electrons. The van der Waals surface area contributed by atoms with Crippen molar-refractivity contribution in [2.24, 2.45) is 12.5 Å². The van der Waals surface area contributed by atoms with Crippen LogP contribution in [-0.4, -0.2) is 52.9 Å². The molecule has 3 heterocycles. The maximum absolute atomic E-state index is 13.6. The number of amides is 2. The van der Waals surface area contributed by atoms with Gasteiger partial charge < -0.3 is 14.4 Å². The number of likely N-dealkylation sites (tertiary alicyclic amines) is 2. The molecule has 6 heteroatoms. The smallest absolute Gasteiger partial charge is 0.270 e. The van der Waals surface area contributed by atoms with E-state index in [1.165, 1.54) is 12.1 Å². The lowest BCUT2D eigenvalue weighted by atomic mass is 9.78. The number of hydrogen-bond acceptors (Lipinski definition) is 2. The summed E-state index contributed by atoms with van der Waals surface area (Å²) in [6.07, 6.45) is 2.55. The summed E-state index contributed by atoms with van der Waals surface area (Å²) in [5.74, 6) is -0.212. The molecular weight excluding hydrogens is 333 g/mol. The molecule has 2 aliphatic rings. The first-order chi connectivity index (χ1) is 12.3. The van der Waals surface area contributed by atoms with Crippen LogP contribution >= 0.6 is 0 Å². The molecule has 26 heavy (non-hydrogen) atoms. The van der Waals surface area contributed by atoms with Gasteiger partial charge in [0.1, 0.15) is 11.5 Å². The molecule has 2 saturated heterocycles. The summed E-state index contributed by atoms with van der Waals surface area (Å²) < 4.78 is 15.5. The van der Waals surface area contributed by atoms with Gasteiger partial charge in [0.25, 0.3) is 5.91 Å². The number of aryl methyl sites for hydroxylation is 2. The van der Waals surface area contributed by atoms with Crippen LogP contribution in [-0.2, 0) is 11.8 Å². The maximum atomic E-state index is 13.6. The zero-order chi connectivity index (χ0) is 18.6. The van der Waals surface area contributed by atoms with E-state index >= 15 is 0 Å². The second-order valence-corrected chi connectivity index (χ2v) is 7.78. The summed E-state index contributed by atoms with van der Waals surface area (Å²) in [7, 11) is 3.68. The number of aromatic nitrogens is 1. The van der Waals surface area contributed by atoms with E-state index in [1.54, 1.807) is 15.9 Å². The first kappa shape index (κ1) is 17.1. The van der Waals surface area contributed by atoms with Crippen molar-refractivity contribution in [3.8, 4) is 0 Å². The Labute approximate surface area is 152 Å². The quantitative estimate of drug-likeness (QED) is 0.788. The van der Waals surface area contributed by atoms with Crippen LogP contribution < -0.4 is 0 Å². The van der Waals surface area contributed by atoms with Crippen molar-refractivity contribution in [1.82, 2.24) is 14.4 Å².